The molecule has 1 aliphatic rings. The minimum absolute atomic E-state index is 0.168. The number of nitrogens with zero attached hydrogens (tertiary/aromatic N) is 5. The number of rotatable bonds is 5. The van der Waals surface area contributed by atoms with Gasteiger partial charge in [-0.1, -0.05) is 0 Å². The number of benzene rings is 1. The monoisotopic (exact) mass is 396 g/mol. The van der Waals surface area contributed by atoms with E-state index in [1.165, 1.54) is 17.1 Å². The number of aromatic nitrogens is 4. The van der Waals surface area contributed by atoms with Crippen LogP contribution in [-0.2, 0) is 16.1 Å². The van der Waals surface area contributed by atoms with Crippen molar-refractivity contribution < 1.29 is 14.3 Å². The number of methoxy groups -OCH3 is 1. The van der Waals surface area contributed by atoms with E-state index in [1.807, 2.05) is 4.90 Å². The van der Waals surface area contributed by atoms with E-state index in [9.17, 15) is 9.59 Å². The van der Waals surface area contributed by atoms with Crippen molar-refractivity contribution in [2.75, 3.05) is 43.6 Å². The van der Waals surface area contributed by atoms with E-state index in [0.717, 1.165) is 0 Å². The molecule has 4 rings (SSSR count). The number of ether oxygens (including phenoxy) is 2. The number of hydrogen-bond donors (Lipinski definition) is 1. The van der Waals surface area contributed by atoms with Crippen LogP contribution >= 0.6 is 0 Å². The van der Waals surface area contributed by atoms with E-state index in [2.05, 4.69) is 20.3 Å². The summed E-state index contributed by atoms with van der Waals surface area (Å²) >= 11 is 0. The molecule has 10 nitrogen and oxygen atoms in total. The summed E-state index contributed by atoms with van der Waals surface area (Å²) in [6.45, 7) is 2.43. The third kappa shape index (κ3) is 4.16. The molecule has 0 atom stereocenters. The number of morpholine rings is 1. The zero-order chi connectivity index (χ0) is 20.2. The molecule has 1 amide bonds. The van der Waals surface area contributed by atoms with Crippen molar-refractivity contribution in [2.24, 2.45) is 0 Å². The van der Waals surface area contributed by atoms with Crippen molar-refractivity contribution in [3.8, 4) is 5.75 Å². The summed E-state index contributed by atoms with van der Waals surface area (Å²) in [7, 11) is 1.57. The van der Waals surface area contributed by atoms with Crippen LogP contribution < -0.4 is 20.5 Å². The molecule has 1 N–H and O–H groups in total. The van der Waals surface area contributed by atoms with Gasteiger partial charge in [-0.25, -0.2) is 9.97 Å². The molecule has 0 saturated carbocycles. The highest BCUT2D eigenvalue weighted by molar-refractivity contribution is 5.90. The molecule has 0 radical (unpaired) electrons. The van der Waals surface area contributed by atoms with E-state index in [1.54, 1.807) is 31.4 Å². The van der Waals surface area contributed by atoms with Crippen LogP contribution in [0.3, 0.4) is 0 Å². The van der Waals surface area contributed by atoms with E-state index in [0.29, 0.717) is 49.3 Å². The second-order valence-corrected chi connectivity index (χ2v) is 6.46. The first kappa shape index (κ1) is 18.8. The molecule has 2 aromatic heterocycles. The fraction of sp³-hybridized carbons (Fsp3) is 0.316. The fourth-order valence-corrected chi connectivity index (χ4v) is 3.00. The maximum atomic E-state index is 12.7. The van der Waals surface area contributed by atoms with Crippen LogP contribution in [0.1, 0.15) is 0 Å². The number of amides is 1. The molecular formula is C19H20N6O4. The minimum atomic E-state index is -0.367. The molecule has 150 valence electrons. The predicted octanol–water partition coefficient (Wildman–Crippen LogP) is 0.670. The highest BCUT2D eigenvalue weighted by Gasteiger charge is 2.16. The van der Waals surface area contributed by atoms with E-state index in [-0.39, 0.29) is 23.4 Å². The van der Waals surface area contributed by atoms with Crippen molar-refractivity contribution in [1.29, 1.82) is 0 Å². The van der Waals surface area contributed by atoms with Crippen molar-refractivity contribution in [3.63, 3.8) is 0 Å². The van der Waals surface area contributed by atoms with Crippen molar-refractivity contribution >= 4 is 28.6 Å². The van der Waals surface area contributed by atoms with Crippen LogP contribution in [0.5, 0.6) is 5.75 Å². The third-order valence-electron chi connectivity index (χ3n) is 4.55. The Kier molecular flexibility index (Phi) is 5.34. The van der Waals surface area contributed by atoms with Crippen LogP contribution in [-0.4, -0.2) is 58.8 Å². The number of hydrogen-bond acceptors (Lipinski definition) is 8. The first-order valence-electron chi connectivity index (χ1n) is 9.13. The smallest absolute Gasteiger partial charge is 0.264 e. The Morgan fingerprint density at radius 2 is 1.97 bits per heavy atom. The predicted molar refractivity (Wildman–Crippen MR) is 106 cm³/mol. The Hall–Kier alpha value is -3.53. The van der Waals surface area contributed by atoms with Crippen molar-refractivity contribution in [3.05, 3.63) is 47.1 Å². The van der Waals surface area contributed by atoms with Crippen LogP contribution in [0.25, 0.3) is 11.0 Å². The van der Waals surface area contributed by atoms with Gasteiger partial charge in [-0.2, -0.15) is 4.98 Å². The lowest BCUT2D eigenvalue weighted by atomic mass is 10.3. The Balaban J connectivity index is 1.50. The largest absolute Gasteiger partial charge is 0.497 e. The second kappa shape index (κ2) is 8.23. The van der Waals surface area contributed by atoms with Gasteiger partial charge in [0.2, 0.25) is 11.9 Å². The summed E-state index contributed by atoms with van der Waals surface area (Å²) in [5.74, 6) is 0.862. The molecule has 1 saturated heterocycles. The molecule has 0 unspecified atom stereocenters. The average Bonchev–Trinajstić information content (AvgIpc) is 2.76. The van der Waals surface area contributed by atoms with Gasteiger partial charge in [0.05, 0.1) is 20.3 Å². The number of carbonyl (C=O) groups is 1. The van der Waals surface area contributed by atoms with Crippen LogP contribution in [0.4, 0.5) is 11.6 Å². The standard InChI is InChI=1S/C19H20N6O4/c1-28-14-4-2-13(3-5-14)22-16(26)11-25-12-21-17-15(18(25)27)10-20-19(23-17)24-6-8-29-9-7-24/h2-5,10,12H,6-9,11H2,1H3,(H,22,26). The van der Waals surface area contributed by atoms with Gasteiger partial charge < -0.3 is 19.7 Å². The summed E-state index contributed by atoms with van der Waals surface area (Å²) in [6, 6.07) is 6.92. The van der Waals surface area contributed by atoms with E-state index in [4.69, 9.17) is 9.47 Å². The summed E-state index contributed by atoms with van der Waals surface area (Å²) in [5.41, 5.74) is 0.544. The molecule has 1 aromatic carbocycles. The number of anilines is 2. The zero-order valence-electron chi connectivity index (χ0n) is 15.9. The average molecular weight is 396 g/mol. The van der Waals surface area contributed by atoms with E-state index < -0.39 is 0 Å². The molecule has 10 heteroatoms. The third-order valence-corrected chi connectivity index (χ3v) is 4.55. The maximum Gasteiger partial charge on any atom is 0.264 e. The van der Waals surface area contributed by atoms with Crippen LogP contribution in [0.15, 0.2) is 41.6 Å². The van der Waals surface area contributed by atoms with Gasteiger partial charge in [0.1, 0.15) is 24.0 Å². The Morgan fingerprint density at radius 3 is 2.69 bits per heavy atom. The molecule has 29 heavy (non-hydrogen) atoms. The molecule has 0 spiro atoms. The Labute approximate surface area is 166 Å². The second-order valence-electron chi connectivity index (χ2n) is 6.46. The summed E-state index contributed by atoms with van der Waals surface area (Å²) < 4.78 is 11.6. The molecule has 0 bridgehead atoms. The summed E-state index contributed by atoms with van der Waals surface area (Å²) in [4.78, 5) is 39.9. The quantitative estimate of drug-likeness (QED) is 0.670. The van der Waals surface area contributed by atoms with Gasteiger partial charge in [0.15, 0.2) is 5.65 Å². The summed E-state index contributed by atoms with van der Waals surface area (Å²) in [6.07, 6.45) is 2.79. The van der Waals surface area contributed by atoms with Gasteiger partial charge in [0.25, 0.3) is 5.56 Å². The highest BCUT2D eigenvalue weighted by atomic mass is 16.5. The molecular weight excluding hydrogens is 376 g/mol. The van der Waals surface area contributed by atoms with Crippen molar-refractivity contribution in [2.45, 2.75) is 6.54 Å². The highest BCUT2D eigenvalue weighted by Crippen LogP contribution is 2.15. The number of fused-ring (bicyclic) bond motifs is 1. The van der Waals surface area contributed by atoms with Gasteiger partial charge >= 0.3 is 0 Å². The van der Waals surface area contributed by atoms with Crippen LogP contribution in [0, 0.1) is 0 Å². The van der Waals surface area contributed by atoms with Gasteiger partial charge in [-0.3, -0.25) is 14.2 Å². The molecule has 0 aliphatic carbocycles. The first-order chi connectivity index (χ1) is 14.1. The fourth-order valence-electron chi connectivity index (χ4n) is 3.00. The SMILES string of the molecule is COc1ccc(NC(=O)Cn2cnc3nc(N4CCOCC4)ncc3c2=O)cc1. The van der Waals surface area contributed by atoms with E-state index >= 15 is 0 Å². The Morgan fingerprint density at radius 1 is 1.21 bits per heavy atom. The topological polar surface area (TPSA) is 111 Å². The zero-order valence-corrected chi connectivity index (χ0v) is 15.9. The van der Waals surface area contributed by atoms with Gasteiger partial charge in [0, 0.05) is 25.0 Å². The molecule has 1 fully saturated rings. The van der Waals surface area contributed by atoms with Crippen molar-refractivity contribution in [1.82, 2.24) is 19.5 Å². The van der Waals surface area contributed by atoms with Gasteiger partial charge in [-0.15, -0.1) is 0 Å². The minimum Gasteiger partial charge on any atom is -0.497 e. The normalized spacial score (nSPS) is 14.0. The molecule has 3 aromatic rings. The lowest BCUT2D eigenvalue weighted by Crippen LogP contribution is -2.37. The summed E-state index contributed by atoms with van der Waals surface area (Å²) in [5, 5.41) is 3.00. The lowest BCUT2D eigenvalue weighted by molar-refractivity contribution is -0.116. The first-order valence-corrected chi connectivity index (χ1v) is 9.13. The lowest BCUT2D eigenvalue weighted by Gasteiger charge is -2.26. The number of nitrogens with one attached hydrogen (secondary N) is 1. The number of carbonyl (C=O) groups excluding carboxylic acids is 1. The van der Waals surface area contributed by atoms with Gasteiger partial charge in [-0.05, 0) is 24.3 Å². The molecule has 1 aliphatic heterocycles. The Bertz CT molecular complexity index is 1080. The maximum absolute atomic E-state index is 12.7. The van der Waals surface area contributed by atoms with Crippen LogP contribution in [0.2, 0.25) is 0 Å². The molecule has 3 heterocycles.